The summed E-state index contributed by atoms with van der Waals surface area (Å²) in [5.74, 6) is 0.0508. The molecule has 1 amide bonds. The first-order valence-electron chi connectivity index (χ1n) is 9.08. The fourth-order valence-corrected chi connectivity index (χ4v) is 3.33. The molecule has 0 spiro atoms. The average Bonchev–Trinajstić information content (AvgIpc) is 2.76. The summed E-state index contributed by atoms with van der Waals surface area (Å²) in [5, 5.41) is 9.56. The van der Waals surface area contributed by atoms with E-state index in [1.54, 1.807) is 29.4 Å². The number of benzene rings is 1. The maximum absolute atomic E-state index is 12.5. The van der Waals surface area contributed by atoms with E-state index in [2.05, 4.69) is 19.9 Å². The van der Waals surface area contributed by atoms with Crippen molar-refractivity contribution in [2.45, 2.75) is 6.54 Å². The molecular weight excluding hydrogens is 360 g/mol. The summed E-state index contributed by atoms with van der Waals surface area (Å²) >= 11 is 0. The predicted octanol–water partition coefficient (Wildman–Crippen LogP) is 0.141. The number of amides is 1. The number of hydrogen-bond acceptors (Lipinski definition) is 7. The molecule has 1 saturated heterocycles. The van der Waals surface area contributed by atoms with E-state index in [-0.39, 0.29) is 30.4 Å². The Labute approximate surface area is 160 Å². The monoisotopic (exact) mass is 380 g/mol. The molecule has 1 N–H and O–H groups in total. The van der Waals surface area contributed by atoms with Crippen LogP contribution in [0.15, 0.2) is 47.8 Å². The molecule has 3 aromatic rings. The Morgan fingerprint density at radius 1 is 1.07 bits per heavy atom. The molecule has 9 heteroatoms. The number of aliphatic hydroxyl groups is 1. The molecule has 9 nitrogen and oxygen atoms in total. The van der Waals surface area contributed by atoms with Crippen LogP contribution >= 0.6 is 0 Å². The number of carbonyl (C=O) groups is 1. The number of piperazine rings is 1. The molecule has 0 saturated carbocycles. The molecule has 0 aliphatic carbocycles. The van der Waals surface area contributed by atoms with Gasteiger partial charge in [0.2, 0.25) is 5.82 Å². The van der Waals surface area contributed by atoms with Crippen molar-refractivity contribution >= 4 is 22.5 Å². The first kappa shape index (κ1) is 18.1. The van der Waals surface area contributed by atoms with Crippen LogP contribution in [0.4, 0.5) is 5.69 Å². The molecule has 0 radical (unpaired) electrons. The molecule has 144 valence electrons. The first-order valence-corrected chi connectivity index (χ1v) is 9.08. The molecule has 0 atom stereocenters. The molecule has 1 fully saturated rings. The van der Waals surface area contributed by atoms with Crippen LogP contribution in [0.3, 0.4) is 0 Å². The number of fused-ring (bicyclic) bond motifs is 1. The SMILES string of the molecule is O=C(c1ncccn1)N1CCN(c2ccc3c(=O)n(CCO)cnc3c2)CC1. The number of hydrogen-bond donors (Lipinski definition) is 1. The average molecular weight is 380 g/mol. The van der Waals surface area contributed by atoms with Crippen LogP contribution < -0.4 is 10.5 Å². The van der Waals surface area contributed by atoms with Crippen molar-refractivity contribution in [1.82, 2.24) is 24.4 Å². The van der Waals surface area contributed by atoms with E-state index < -0.39 is 0 Å². The zero-order valence-corrected chi connectivity index (χ0v) is 15.2. The molecule has 1 aliphatic rings. The number of anilines is 1. The van der Waals surface area contributed by atoms with E-state index in [4.69, 9.17) is 5.11 Å². The molecule has 0 unspecified atom stereocenters. The van der Waals surface area contributed by atoms with Gasteiger partial charge in [0.15, 0.2) is 0 Å². The highest BCUT2D eigenvalue weighted by molar-refractivity contribution is 5.90. The maximum atomic E-state index is 12.5. The van der Waals surface area contributed by atoms with Crippen molar-refractivity contribution in [3.8, 4) is 0 Å². The van der Waals surface area contributed by atoms with Crippen molar-refractivity contribution in [3.63, 3.8) is 0 Å². The Morgan fingerprint density at radius 2 is 1.82 bits per heavy atom. The van der Waals surface area contributed by atoms with Crippen molar-refractivity contribution in [2.24, 2.45) is 0 Å². The van der Waals surface area contributed by atoms with E-state index in [1.165, 1.54) is 10.9 Å². The van der Waals surface area contributed by atoms with Crippen LogP contribution in [-0.2, 0) is 6.54 Å². The topological polar surface area (TPSA) is 104 Å². The molecule has 3 heterocycles. The van der Waals surface area contributed by atoms with E-state index >= 15 is 0 Å². The summed E-state index contributed by atoms with van der Waals surface area (Å²) in [6.07, 6.45) is 4.58. The second-order valence-corrected chi connectivity index (χ2v) is 6.52. The zero-order chi connectivity index (χ0) is 19.5. The normalized spacial score (nSPS) is 14.5. The molecule has 2 aromatic heterocycles. The first-order chi connectivity index (χ1) is 13.7. The molecule has 0 bridgehead atoms. The van der Waals surface area contributed by atoms with Crippen LogP contribution in [0.5, 0.6) is 0 Å². The summed E-state index contributed by atoms with van der Waals surface area (Å²) in [7, 11) is 0. The molecular formula is C19H20N6O3. The summed E-state index contributed by atoms with van der Waals surface area (Å²) in [5.41, 5.74) is 1.42. The molecule has 4 rings (SSSR count). The Hall–Kier alpha value is -3.33. The van der Waals surface area contributed by atoms with Crippen LogP contribution in [-0.4, -0.2) is 68.2 Å². The Bertz CT molecular complexity index is 1040. The molecule has 1 aromatic carbocycles. The Kier molecular flexibility index (Phi) is 4.98. The van der Waals surface area contributed by atoms with E-state index in [9.17, 15) is 9.59 Å². The highest BCUT2D eigenvalue weighted by atomic mass is 16.3. The van der Waals surface area contributed by atoms with Gasteiger partial charge >= 0.3 is 0 Å². The second kappa shape index (κ2) is 7.73. The zero-order valence-electron chi connectivity index (χ0n) is 15.2. The Balaban J connectivity index is 1.49. The Morgan fingerprint density at radius 3 is 2.54 bits per heavy atom. The summed E-state index contributed by atoms with van der Waals surface area (Å²) < 4.78 is 1.40. The van der Waals surface area contributed by atoms with Gasteiger partial charge in [0.25, 0.3) is 11.5 Å². The smallest absolute Gasteiger partial charge is 0.291 e. The minimum absolute atomic E-state index is 0.109. The summed E-state index contributed by atoms with van der Waals surface area (Å²) in [4.78, 5) is 41.2. The fraction of sp³-hybridized carbons (Fsp3) is 0.316. The van der Waals surface area contributed by atoms with Gasteiger partial charge < -0.3 is 14.9 Å². The summed E-state index contributed by atoms with van der Waals surface area (Å²) in [6, 6.07) is 7.23. The minimum Gasteiger partial charge on any atom is -0.395 e. The van der Waals surface area contributed by atoms with Crippen LogP contribution in [0.1, 0.15) is 10.6 Å². The lowest BCUT2D eigenvalue weighted by Gasteiger charge is -2.35. The number of nitrogens with zero attached hydrogens (tertiary/aromatic N) is 6. The third-order valence-corrected chi connectivity index (χ3v) is 4.84. The van der Waals surface area contributed by atoms with Gasteiger partial charge in [-0.05, 0) is 24.3 Å². The number of aliphatic hydroxyl groups excluding tert-OH is 1. The van der Waals surface area contributed by atoms with E-state index in [0.717, 1.165) is 5.69 Å². The van der Waals surface area contributed by atoms with E-state index in [1.807, 2.05) is 12.1 Å². The number of carbonyl (C=O) groups excluding carboxylic acids is 1. The van der Waals surface area contributed by atoms with Gasteiger partial charge in [-0.2, -0.15) is 0 Å². The largest absolute Gasteiger partial charge is 0.395 e. The highest BCUT2D eigenvalue weighted by Gasteiger charge is 2.24. The van der Waals surface area contributed by atoms with Gasteiger partial charge in [-0.15, -0.1) is 0 Å². The number of rotatable bonds is 4. The van der Waals surface area contributed by atoms with Gasteiger partial charge in [0, 0.05) is 44.3 Å². The van der Waals surface area contributed by atoms with Crippen molar-refractivity contribution in [3.05, 3.63) is 59.2 Å². The van der Waals surface area contributed by atoms with Gasteiger partial charge in [-0.25, -0.2) is 15.0 Å². The predicted molar refractivity (Wildman–Crippen MR) is 103 cm³/mol. The fourth-order valence-electron chi connectivity index (χ4n) is 3.33. The van der Waals surface area contributed by atoms with Crippen molar-refractivity contribution in [1.29, 1.82) is 0 Å². The number of aromatic nitrogens is 4. The van der Waals surface area contributed by atoms with Crippen molar-refractivity contribution < 1.29 is 9.90 Å². The van der Waals surface area contributed by atoms with Crippen molar-refractivity contribution in [2.75, 3.05) is 37.7 Å². The van der Waals surface area contributed by atoms with Crippen LogP contribution in [0, 0.1) is 0 Å². The van der Waals surface area contributed by atoms with Crippen LogP contribution in [0.25, 0.3) is 10.9 Å². The lowest BCUT2D eigenvalue weighted by atomic mass is 10.2. The van der Waals surface area contributed by atoms with Gasteiger partial charge in [-0.3, -0.25) is 14.2 Å². The van der Waals surface area contributed by atoms with E-state index in [0.29, 0.717) is 37.1 Å². The molecule has 1 aliphatic heterocycles. The summed E-state index contributed by atoms with van der Waals surface area (Å²) in [6.45, 7) is 2.60. The standard InChI is InChI=1S/C19H20N6O3/c26-11-10-25-13-22-16-12-14(2-3-15(16)18(25)27)23-6-8-24(9-7-23)19(28)17-20-4-1-5-21-17/h1-5,12-13,26H,6-11H2. The van der Waals surface area contributed by atoms with Gasteiger partial charge in [0.05, 0.1) is 30.4 Å². The van der Waals surface area contributed by atoms with Gasteiger partial charge in [-0.1, -0.05) is 0 Å². The third-order valence-electron chi connectivity index (χ3n) is 4.84. The minimum atomic E-state index is -0.163. The van der Waals surface area contributed by atoms with Crippen LogP contribution in [0.2, 0.25) is 0 Å². The quantitative estimate of drug-likeness (QED) is 0.686. The highest BCUT2D eigenvalue weighted by Crippen LogP contribution is 2.20. The second-order valence-electron chi connectivity index (χ2n) is 6.52. The lowest BCUT2D eigenvalue weighted by molar-refractivity contribution is 0.0734. The van der Waals surface area contributed by atoms with Gasteiger partial charge in [0.1, 0.15) is 0 Å². The third kappa shape index (κ3) is 3.44. The molecule has 28 heavy (non-hydrogen) atoms. The maximum Gasteiger partial charge on any atom is 0.291 e. The lowest BCUT2D eigenvalue weighted by Crippen LogP contribution is -2.49.